The van der Waals surface area contributed by atoms with Crippen LogP contribution in [0.1, 0.15) is 12.0 Å². The molecule has 1 N–H and O–H groups in total. The quantitative estimate of drug-likeness (QED) is 0.663. The molecule has 1 aliphatic heterocycles. The minimum absolute atomic E-state index is 0.246. The highest BCUT2D eigenvalue weighted by molar-refractivity contribution is 5.82. The molecular weight excluding hydrogens is 357 g/mol. The number of hydrogen-bond acceptors (Lipinski definition) is 5. The first-order chi connectivity index (χ1) is 13.6. The first kappa shape index (κ1) is 18.8. The number of fused-ring (bicyclic) bond motifs is 1. The largest absolute Gasteiger partial charge is 0.478 e. The number of aromatic nitrogens is 3. The summed E-state index contributed by atoms with van der Waals surface area (Å²) in [5.41, 5.74) is 2.87. The van der Waals surface area contributed by atoms with Crippen molar-refractivity contribution in [3.05, 3.63) is 41.8 Å². The minimum atomic E-state index is -0.246. The third-order valence-corrected chi connectivity index (χ3v) is 5.32. The van der Waals surface area contributed by atoms with E-state index in [0.717, 1.165) is 50.2 Å². The summed E-state index contributed by atoms with van der Waals surface area (Å²) in [5.74, 6) is 1.04. The molecule has 0 unspecified atom stereocenters. The van der Waals surface area contributed by atoms with Crippen molar-refractivity contribution in [3.8, 4) is 17.3 Å². The van der Waals surface area contributed by atoms with Crippen LogP contribution < -0.4 is 4.74 Å². The van der Waals surface area contributed by atoms with E-state index in [9.17, 15) is 4.39 Å². The van der Waals surface area contributed by atoms with E-state index < -0.39 is 0 Å². The van der Waals surface area contributed by atoms with E-state index in [4.69, 9.17) is 4.74 Å². The fourth-order valence-electron chi connectivity index (χ4n) is 3.47. The molecule has 3 heterocycles. The molecule has 0 amide bonds. The molecule has 1 aliphatic rings. The van der Waals surface area contributed by atoms with Gasteiger partial charge in [0.2, 0.25) is 5.88 Å². The van der Waals surface area contributed by atoms with Crippen molar-refractivity contribution in [2.24, 2.45) is 0 Å². The molecule has 0 spiro atoms. The average Bonchev–Trinajstić information content (AvgIpc) is 3.15. The number of imidazole rings is 1. The van der Waals surface area contributed by atoms with Crippen LogP contribution in [0.4, 0.5) is 4.39 Å². The van der Waals surface area contributed by atoms with Gasteiger partial charge in [0.25, 0.3) is 0 Å². The molecular formula is C21H26FN5O. The smallest absolute Gasteiger partial charge is 0.213 e. The Bertz CT molecular complexity index is 932. The maximum Gasteiger partial charge on any atom is 0.213 e. The Hall–Kier alpha value is -2.51. The maximum atomic E-state index is 13.7. The molecule has 148 valence electrons. The van der Waals surface area contributed by atoms with E-state index in [1.807, 2.05) is 12.1 Å². The number of benzene rings is 1. The van der Waals surface area contributed by atoms with Gasteiger partial charge in [-0.05, 0) is 38.6 Å². The number of piperazine rings is 1. The summed E-state index contributed by atoms with van der Waals surface area (Å²) >= 11 is 0. The molecule has 6 nitrogen and oxygen atoms in total. The van der Waals surface area contributed by atoms with Crippen LogP contribution in [0, 0.1) is 12.7 Å². The van der Waals surface area contributed by atoms with Gasteiger partial charge in [-0.3, -0.25) is 0 Å². The molecule has 1 saturated heterocycles. The van der Waals surface area contributed by atoms with Crippen LogP contribution in [0.25, 0.3) is 22.4 Å². The van der Waals surface area contributed by atoms with E-state index in [0.29, 0.717) is 29.4 Å². The van der Waals surface area contributed by atoms with E-state index >= 15 is 0 Å². The number of likely N-dealkylation sites (N-methyl/N-ethyl adjacent to an activating group) is 1. The van der Waals surface area contributed by atoms with Gasteiger partial charge in [0.15, 0.2) is 0 Å². The monoisotopic (exact) mass is 383 g/mol. The van der Waals surface area contributed by atoms with Crippen molar-refractivity contribution >= 4 is 11.0 Å². The van der Waals surface area contributed by atoms with Crippen molar-refractivity contribution in [1.82, 2.24) is 24.8 Å². The number of rotatable bonds is 6. The SMILES string of the molecule is Cc1c(F)ccc2[nH]c(-c3ccc(OCCCN4CCN(C)CC4)nc3)nc12. The van der Waals surface area contributed by atoms with Gasteiger partial charge in [-0.15, -0.1) is 0 Å². The van der Waals surface area contributed by atoms with Crippen LogP contribution in [0.2, 0.25) is 0 Å². The topological polar surface area (TPSA) is 57.3 Å². The summed E-state index contributed by atoms with van der Waals surface area (Å²) in [6.07, 6.45) is 2.72. The number of ether oxygens (including phenoxy) is 1. The Kier molecular flexibility index (Phi) is 5.54. The number of nitrogens with one attached hydrogen (secondary N) is 1. The van der Waals surface area contributed by atoms with Crippen molar-refractivity contribution in [3.63, 3.8) is 0 Å². The lowest BCUT2D eigenvalue weighted by molar-refractivity contribution is 0.145. The zero-order valence-electron chi connectivity index (χ0n) is 16.4. The van der Waals surface area contributed by atoms with Gasteiger partial charge in [0.1, 0.15) is 11.6 Å². The Morgan fingerprint density at radius 1 is 1.14 bits per heavy atom. The minimum Gasteiger partial charge on any atom is -0.478 e. The van der Waals surface area contributed by atoms with Crippen LogP contribution in [-0.4, -0.2) is 71.1 Å². The number of aromatic amines is 1. The molecule has 3 aromatic rings. The number of aryl methyl sites for hydroxylation is 1. The number of H-pyrrole nitrogens is 1. The first-order valence-corrected chi connectivity index (χ1v) is 9.75. The predicted octanol–water partition coefficient (Wildman–Crippen LogP) is 3.09. The van der Waals surface area contributed by atoms with Gasteiger partial charge >= 0.3 is 0 Å². The fraction of sp³-hybridized carbons (Fsp3) is 0.429. The Morgan fingerprint density at radius 2 is 1.96 bits per heavy atom. The van der Waals surface area contributed by atoms with Crippen molar-refractivity contribution in [1.29, 1.82) is 0 Å². The fourth-order valence-corrected chi connectivity index (χ4v) is 3.47. The number of pyridine rings is 1. The lowest BCUT2D eigenvalue weighted by atomic mass is 10.2. The predicted molar refractivity (Wildman–Crippen MR) is 108 cm³/mol. The van der Waals surface area contributed by atoms with Crippen LogP contribution in [0.5, 0.6) is 5.88 Å². The highest BCUT2D eigenvalue weighted by atomic mass is 19.1. The molecule has 1 aromatic carbocycles. The van der Waals surface area contributed by atoms with Crippen LogP contribution in [0.15, 0.2) is 30.5 Å². The van der Waals surface area contributed by atoms with E-state index in [1.54, 1.807) is 19.2 Å². The summed E-state index contributed by atoms with van der Waals surface area (Å²) in [6.45, 7) is 7.98. The molecule has 28 heavy (non-hydrogen) atoms. The van der Waals surface area contributed by atoms with Crippen molar-refractivity contribution in [2.75, 3.05) is 46.4 Å². The number of nitrogens with zero attached hydrogens (tertiary/aromatic N) is 4. The lowest BCUT2D eigenvalue weighted by Gasteiger charge is -2.32. The second kappa shape index (κ2) is 8.24. The van der Waals surface area contributed by atoms with E-state index in [-0.39, 0.29) is 5.82 Å². The molecule has 0 aliphatic carbocycles. The van der Waals surface area contributed by atoms with Crippen LogP contribution in [0.3, 0.4) is 0 Å². The van der Waals surface area contributed by atoms with Gasteiger partial charge in [-0.1, -0.05) is 0 Å². The molecule has 2 aromatic heterocycles. The van der Waals surface area contributed by atoms with Crippen molar-refractivity contribution in [2.45, 2.75) is 13.3 Å². The lowest BCUT2D eigenvalue weighted by Crippen LogP contribution is -2.44. The summed E-state index contributed by atoms with van der Waals surface area (Å²) in [4.78, 5) is 17.0. The molecule has 0 atom stereocenters. The summed E-state index contributed by atoms with van der Waals surface area (Å²) in [7, 11) is 2.17. The van der Waals surface area contributed by atoms with Crippen LogP contribution >= 0.6 is 0 Å². The highest BCUT2D eigenvalue weighted by Crippen LogP contribution is 2.24. The standard InChI is InChI=1S/C21H26FN5O/c1-15-17(22)5-6-18-20(15)25-21(24-18)16-4-7-19(23-14-16)28-13-3-8-27-11-9-26(2)10-12-27/h4-7,14H,3,8-13H2,1-2H3,(H,24,25). The zero-order chi connectivity index (χ0) is 19.5. The second-order valence-corrected chi connectivity index (χ2v) is 7.39. The van der Waals surface area contributed by atoms with Crippen molar-refractivity contribution < 1.29 is 9.13 Å². The Labute approximate surface area is 164 Å². The molecule has 0 saturated carbocycles. The van der Waals surface area contributed by atoms with Gasteiger partial charge in [-0.25, -0.2) is 14.4 Å². The summed E-state index contributed by atoms with van der Waals surface area (Å²) in [6, 6.07) is 6.94. The number of hydrogen-bond donors (Lipinski definition) is 1. The summed E-state index contributed by atoms with van der Waals surface area (Å²) in [5, 5.41) is 0. The first-order valence-electron chi connectivity index (χ1n) is 9.75. The third-order valence-electron chi connectivity index (χ3n) is 5.32. The highest BCUT2D eigenvalue weighted by Gasteiger charge is 2.13. The Balaban J connectivity index is 1.32. The third kappa shape index (κ3) is 4.15. The van der Waals surface area contributed by atoms with Gasteiger partial charge in [0.05, 0.1) is 17.6 Å². The van der Waals surface area contributed by atoms with E-state index in [2.05, 4.69) is 31.8 Å². The molecule has 1 fully saturated rings. The molecule has 7 heteroatoms. The molecule has 0 bridgehead atoms. The maximum absolute atomic E-state index is 13.7. The average molecular weight is 383 g/mol. The second-order valence-electron chi connectivity index (χ2n) is 7.39. The van der Waals surface area contributed by atoms with Gasteiger partial charge in [-0.2, -0.15) is 0 Å². The summed E-state index contributed by atoms with van der Waals surface area (Å²) < 4.78 is 19.5. The van der Waals surface area contributed by atoms with Gasteiger partial charge in [0, 0.05) is 56.1 Å². The zero-order valence-corrected chi connectivity index (χ0v) is 16.4. The Morgan fingerprint density at radius 3 is 2.71 bits per heavy atom. The molecule has 4 rings (SSSR count). The normalized spacial score (nSPS) is 16.0. The van der Waals surface area contributed by atoms with E-state index in [1.165, 1.54) is 6.07 Å². The molecule has 0 radical (unpaired) electrons. The van der Waals surface area contributed by atoms with Gasteiger partial charge < -0.3 is 19.5 Å². The van der Waals surface area contributed by atoms with Crippen LogP contribution in [-0.2, 0) is 0 Å². The number of halogens is 1.